The summed E-state index contributed by atoms with van der Waals surface area (Å²) in [6, 6.07) is 16.3. The molecular formula is C24H31NO6. The summed E-state index contributed by atoms with van der Waals surface area (Å²) in [6.07, 6.45) is -1.12. The third kappa shape index (κ3) is 8.68. The summed E-state index contributed by atoms with van der Waals surface area (Å²) in [7, 11) is 0. The van der Waals surface area contributed by atoms with Crippen molar-refractivity contribution in [2.45, 2.75) is 51.9 Å². The first-order valence-corrected chi connectivity index (χ1v) is 10.3. The highest BCUT2D eigenvalue weighted by molar-refractivity contribution is 5.72. The zero-order chi connectivity index (χ0) is 22.9. The minimum atomic E-state index is -0.985. The summed E-state index contributed by atoms with van der Waals surface area (Å²) >= 11 is 0. The van der Waals surface area contributed by atoms with E-state index in [-0.39, 0.29) is 13.0 Å². The van der Waals surface area contributed by atoms with Crippen molar-refractivity contribution < 1.29 is 28.9 Å². The molecule has 2 aromatic carbocycles. The van der Waals surface area contributed by atoms with Crippen LogP contribution >= 0.6 is 0 Å². The van der Waals surface area contributed by atoms with Crippen LogP contribution < -0.4 is 10.1 Å². The number of rotatable bonds is 10. The van der Waals surface area contributed by atoms with Crippen molar-refractivity contribution in [3.05, 3.63) is 65.7 Å². The second-order valence-electron chi connectivity index (χ2n) is 8.05. The Bertz CT molecular complexity index is 829. The Balaban J connectivity index is 2.02. The third-order valence-corrected chi connectivity index (χ3v) is 4.30. The van der Waals surface area contributed by atoms with Crippen LogP contribution in [0.5, 0.6) is 5.75 Å². The molecule has 31 heavy (non-hydrogen) atoms. The van der Waals surface area contributed by atoms with Gasteiger partial charge in [-0.05, 0) is 51.0 Å². The van der Waals surface area contributed by atoms with Crippen molar-refractivity contribution in [2.24, 2.45) is 0 Å². The Morgan fingerprint density at radius 1 is 1.03 bits per heavy atom. The maximum atomic E-state index is 12.3. The predicted octanol–water partition coefficient (Wildman–Crippen LogP) is 4.36. The highest BCUT2D eigenvalue weighted by Crippen LogP contribution is 2.19. The van der Waals surface area contributed by atoms with Gasteiger partial charge in [0.1, 0.15) is 18.0 Å². The lowest BCUT2D eigenvalue weighted by Gasteiger charge is -2.24. The molecule has 0 bridgehead atoms. The molecule has 0 aliphatic heterocycles. The number of carbonyl (C=O) groups is 2. The van der Waals surface area contributed by atoms with E-state index in [0.717, 1.165) is 11.1 Å². The molecule has 0 saturated carbocycles. The van der Waals surface area contributed by atoms with E-state index in [9.17, 15) is 14.7 Å². The van der Waals surface area contributed by atoms with Gasteiger partial charge in [0.25, 0.3) is 0 Å². The summed E-state index contributed by atoms with van der Waals surface area (Å²) in [5.74, 6) is -0.375. The molecule has 7 nitrogen and oxygen atoms in total. The summed E-state index contributed by atoms with van der Waals surface area (Å²) < 4.78 is 16.5. The SMILES string of the molecule is CCOC(Cc1ccc(OCC(NC(=O)OC(C)(C)C)c2ccccc2)cc1)C(=O)O. The molecule has 0 heterocycles. The molecule has 2 rings (SSSR count). The van der Waals surface area contributed by atoms with Crippen molar-refractivity contribution in [1.82, 2.24) is 5.32 Å². The fourth-order valence-corrected chi connectivity index (χ4v) is 2.89. The third-order valence-electron chi connectivity index (χ3n) is 4.30. The van der Waals surface area contributed by atoms with E-state index in [4.69, 9.17) is 14.2 Å². The van der Waals surface area contributed by atoms with Crippen LogP contribution in [0.15, 0.2) is 54.6 Å². The van der Waals surface area contributed by atoms with Crippen LogP contribution in [0.2, 0.25) is 0 Å². The van der Waals surface area contributed by atoms with Gasteiger partial charge in [-0.1, -0.05) is 42.5 Å². The van der Waals surface area contributed by atoms with E-state index in [1.807, 2.05) is 63.2 Å². The van der Waals surface area contributed by atoms with Gasteiger partial charge in [0.15, 0.2) is 6.10 Å². The number of hydrogen-bond donors (Lipinski definition) is 2. The lowest BCUT2D eigenvalue weighted by Crippen LogP contribution is -2.37. The van der Waals surface area contributed by atoms with Gasteiger partial charge in [0.2, 0.25) is 0 Å². The molecule has 1 amide bonds. The summed E-state index contributed by atoms with van der Waals surface area (Å²) in [5, 5.41) is 12.1. The second-order valence-corrected chi connectivity index (χ2v) is 8.05. The molecule has 0 radical (unpaired) electrons. The van der Waals surface area contributed by atoms with Gasteiger partial charge in [-0.25, -0.2) is 9.59 Å². The summed E-state index contributed by atoms with van der Waals surface area (Å²) in [6.45, 7) is 7.73. The average molecular weight is 430 g/mol. The van der Waals surface area contributed by atoms with E-state index in [1.54, 1.807) is 19.1 Å². The molecule has 2 unspecified atom stereocenters. The number of aliphatic carboxylic acids is 1. The maximum Gasteiger partial charge on any atom is 0.408 e. The van der Waals surface area contributed by atoms with Crippen molar-refractivity contribution in [1.29, 1.82) is 0 Å². The first kappa shape index (κ1) is 24.2. The van der Waals surface area contributed by atoms with Crippen LogP contribution in [-0.4, -0.2) is 42.1 Å². The highest BCUT2D eigenvalue weighted by Gasteiger charge is 2.21. The number of benzene rings is 2. The Hall–Kier alpha value is -3.06. The topological polar surface area (TPSA) is 94.1 Å². The Kier molecular flexibility index (Phi) is 8.88. The van der Waals surface area contributed by atoms with Gasteiger partial charge in [0.05, 0.1) is 6.04 Å². The minimum absolute atomic E-state index is 0.208. The summed E-state index contributed by atoms with van der Waals surface area (Å²) in [4.78, 5) is 23.5. The zero-order valence-corrected chi connectivity index (χ0v) is 18.5. The molecule has 0 fully saturated rings. The van der Waals surface area contributed by atoms with Crippen LogP contribution in [0, 0.1) is 0 Å². The van der Waals surface area contributed by atoms with Gasteiger partial charge in [0, 0.05) is 13.0 Å². The quantitative estimate of drug-likeness (QED) is 0.583. The normalized spacial score (nSPS) is 13.2. The molecule has 0 spiro atoms. The molecule has 2 atom stereocenters. The van der Waals surface area contributed by atoms with Crippen LogP contribution in [0.4, 0.5) is 4.79 Å². The van der Waals surface area contributed by atoms with Gasteiger partial charge < -0.3 is 24.6 Å². The molecule has 0 saturated heterocycles. The number of alkyl carbamates (subject to hydrolysis) is 1. The standard InChI is InChI=1S/C24H31NO6/c1-5-29-21(22(26)27)15-17-11-13-19(14-12-17)30-16-20(18-9-7-6-8-10-18)25-23(28)31-24(2,3)4/h6-14,20-21H,5,15-16H2,1-4H3,(H,25,28)(H,26,27). The van der Waals surface area contributed by atoms with Crippen molar-refractivity contribution >= 4 is 12.1 Å². The maximum absolute atomic E-state index is 12.3. The number of ether oxygens (including phenoxy) is 3. The first-order valence-electron chi connectivity index (χ1n) is 10.3. The smallest absolute Gasteiger partial charge is 0.408 e. The Labute approximate surface area is 183 Å². The average Bonchev–Trinajstić information content (AvgIpc) is 2.71. The Morgan fingerprint density at radius 2 is 1.68 bits per heavy atom. The molecule has 7 heteroatoms. The fourth-order valence-electron chi connectivity index (χ4n) is 2.89. The number of carbonyl (C=O) groups excluding carboxylic acids is 1. The number of amides is 1. The second kappa shape index (κ2) is 11.4. The molecule has 0 aliphatic rings. The van der Waals surface area contributed by atoms with E-state index in [0.29, 0.717) is 12.4 Å². The summed E-state index contributed by atoms with van der Waals surface area (Å²) in [5.41, 5.74) is 1.13. The van der Waals surface area contributed by atoms with Gasteiger partial charge in [-0.3, -0.25) is 0 Å². The molecular weight excluding hydrogens is 398 g/mol. The lowest BCUT2D eigenvalue weighted by atomic mass is 10.1. The predicted molar refractivity (Wildman–Crippen MR) is 117 cm³/mol. The minimum Gasteiger partial charge on any atom is -0.491 e. The number of carboxylic acid groups (broad SMARTS) is 1. The molecule has 168 valence electrons. The first-order chi connectivity index (χ1) is 14.7. The number of hydrogen-bond acceptors (Lipinski definition) is 5. The largest absolute Gasteiger partial charge is 0.491 e. The zero-order valence-electron chi connectivity index (χ0n) is 18.5. The van der Waals surface area contributed by atoms with Crippen LogP contribution in [-0.2, 0) is 20.7 Å². The molecule has 2 aromatic rings. The number of nitrogens with one attached hydrogen (secondary N) is 1. The van der Waals surface area contributed by atoms with Crippen LogP contribution in [0.25, 0.3) is 0 Å². The van der Waals surface area contributed by atoms with Gasteiger partial charge in [-0.15, -0.1) is 0 Å². The van der Waals surface area contributed by atoms with Crippen LogP contribution in [0.1, 0.15) is 44.9 Å². The van der Waals surface area contributed by atoms with Gasteiger partial charge >= 0.3 is 12.1 Å². The highest BCUT2D eigenvalue weighted by atomic mass is 16.6. The lowest BCUT2D eigenvalue weighted by molar-refractivity contribution is -0.149. The molecule has 0 aliphatic carbocycles. The molecule has 0 aromatic heterocycles. The van der Waals surface area contributed by atoms with E-state index < -0.39 is 29.8 Å². The fraction of sp³-hybridized carbons (Fsp3) is 0.417. The van der Waals surface area contributed by atoms with Crippen molar-refractivity contribution in [3.63, 3.8) is 0 Å². The monoisotopic (exact) mass is 429 g/mol. The molecule has 2 N–H and O–H groups in total. The van der Waals surface area contributed by atoms with Crippen molar-refractivity contribution in [3.8, 4) is 5.75 Å². The Morgan fingerprint density at radius 3 is 2.23 bits per heavy atom. The van der Waals surface area contributed by atoms with Gasteiger partial charge in [-0.2, -0.15) is 0 Å². The van der Waals surface area contributed by atoms with E-state index >= 15 is 0 Å². The number of carboxylic acids is 1. The van der Waals surface area contributed by atoms with E-state index in [2.05, 4.69) is 5.32 Å². The van der Waals surface area contributed by atoms with Crippen LogP contribution in [0.3, 0.4) is 0 Å². The van der Waals surface area contributed by atoms with E-state index in [1.165, 1.54) is 0 Å². The van der Waals surface area contributed by atoms with Crippen molar-refractivity contribution in [2.75, 3.05) is 13.2 Å².